The Hall–Kier alpha value is -3.08. The highest BCUT2D eigenvalue weighted by molar-refractivity contribution is 7.89. The van der Waals surface area contributed by atoms with Crippen molar-refractivity contribution in [2.45, 2.75) is 45.2 Å². The molecule has 0 atom stereocenters. The molecule has 2 heterocycles. The first kappa shape index (κ1) is 25.0. The van der Waals surface area contributed by atoms with Crippen LogP contribution in [0.1, 0.15) is 35.6 Å². The number of benzene rings is 2. The predicted octanol–water partition coefficient (Wildman–Crippen LogP) is 4.49. The van der Waals surface area contributed by atoms with E-state index in [9.17, 15) is 13.2 Å². The van der Waals surface area contributed by atoms with E-state index in [1.54, 1.807) is 24.1 Å². The molecular weight excluding hydrogens is 482 g/mol. The van der Waals surface area contributed by atoms with Gasteiger partial charge in [-0.3, -0.25) is 14.4 Å². The molecule has 10 heteroatoms. The number of aromatic nitrogens is 3. The monoisotopic (exact) mass is 511 g/mol. The number of hydrogen-bond acceptors (Lipinski definition) is 6. The van der Waals surface area contributed by atoms with E-state index in [4.69, 9.17) is 4.98 Å². The van der Waals surface area contributed by atoms with Crippen LogP contribution in [0.2, 0.25) is 0 Å². The smallest absolute Gasteiger partial charge is 0.260 e. The summed E-state index contributed by atoms with van der Waals surface area (Å²) in [5.74, 6) is -0.244. The van der Waals surface area contributed by atoms with E-state index < -0.39 is 10.0 Å². The number of carbonyl (C=O) groups excluding carboxylic acids is 1. The van der Waals surface area contributed by atoms with Crippen molar-refractivity contribution in [2.75, 3.05) is 18.5 Å². The molecule has 0 radical (unpaired) electrons. The summed E-state index contributed by atoms with van der Waals surface area (Å²) in [6.45, 7) is 8.43. The van der Waals surface area contributed by atoms with Gasteiger partial charge in [0.25, 0.3) is 5.91 Å². The molecule has 0 fully saturated rings. The first-order valence-corrected chi connectivity index (χ1v) is 13.6. The van der Waals surface area contributed by atoms with E-state index in [2.05, 4.69) is 5.10 Å². The van der Waals surface area contributed by atoms with Gasteiger partial charge in [-0.25, -0.2) is 13.4 Å². The van der Waals surface area contributed by atoms with Gasteiger partial charge in [-0.2, -0.15) is 9.40 Å². The molecule has 0 unspecified atom stereocenters. The van der Waals surface area contributed by atoms with Crippen LogP contribution in [0.3, 0.4) is 0 Å². The summed E-state index contributed by atoms with van der Waals surface area (Å²) in [5, 5.41) is 5.10. The van der Waals surface area contributed by atoms with Gasteiger partial charge in [0.2, 0.25) is 10.0 Å². The van der Waals surface area contributed by atoms with E-state index in [1.807, 2.05) is 62.7 Å². The second-order valence-electron chi connectivity index (χ2n) is 8.71. The summed E-state index contributed by atoms with van der Waals surface area (Å²) in [4.78, 5) is 20.1. The lowest BCUT2D eigenvalue weighted by Crippen LogP contribution is -2.34. The van der Waals surface area contributed by atoms with Crippen LogP contribution < -0.4 is 4.90 Å². The minimum atomic E-state index is -3.63. The minimum absolute atomic E-state index is 0.152. The summed E-state index contributed by atoms with van der Waals surface area (Å²) in [7, 11) is -2.08. The largest absolute Gasteiger partial charge is 0.282 e. The van der Waals surface area contributed by atoms with Gasteiger partial charge in [-0.15, -0.1) is 0 Å². The Bertz CT molecular complexity index is 1420. The van der Waals surface area contributed by atoms with Crippen LogP contribution in [0.15, 0.2) is 59.5 Å². The zero-order chi connectivity index (χ0) is 25.3. The molecule has 0 bridgehead atoms. The lowest BCUT2D eigenvalue weighted by molar-refractivity contribution is 0.0985. The van der Waals surface area contributed by atoms with E-state index in [-0.39, 0.29) is 16.8 Å². The zero-order valence-corrected chi connectivity index (χ0v) is 22.1. The van der Waals surface area contributed by atoms with Gasteiger partial charge in [0, 0.05) is 30.9 Å². The van der Waals surface area contributed by atoms with Crippen molar-refractivity contribution in [1.29, 1.82) is 0 Å². The highest BCUT2D eigenvalue weighted by Gasteiger charge is 2.25. The van der Waals surface area contributed by atoms with E-state index in [1.165, 1.54) is 27.8 Å². The molecule has 0 spiro atoms. The third kappa shape index (κ3) is 5.14. The predicted molar refractivity (Wildman–Crippen MR) is 140 cm³/mol. The Morgan fingerprint density at radius 2 is 1.77 bits per heavy atom. The first-order valence-electron chi connectivity index (χ1n) is 11.3. The van der Waals surface area contributed by atoms with Crippen molar-refractivity contribution in [1.82, 2.24) is 19.1 Å². The van der Waals surface area contributed by atoms with Crippen molar-refractivity contribution in [2.24, 2.45) is 0 Å². The number of hydrogen-bond donors (Lipinski definition) is 0. The average Bonchev–Trinajstić information content (AvgIpc) is 3.40. The SMILES string of the molecule is Cc1cc(C)n(CCN(C(=O)c2ccc(S(=O)(=O)N(C)C(C)C)cc2)c2nc3ccccc3s2)n1. The average molecular weight is 512 g/mol. The number of amides is 1. The fourth-order valence-corrected chi connectivity index (χ4v) is 6.08. The molecule has 1 amide bonds. The maximum Gasteiger partial charge on any atom is 0.260 e. The van der Waals surface area contributed by atoms with Crippen LogP contribution in [0.5, 0.6) is 0 Å². The van der Waals surface area contributed by atoms with Gasteiger partial charge in [0.1, 0.15) is 0 Å². The molecule has 2 aromatic heterocycles. The van der Waals surface area contributed by atoms with Crippen molar-refractivity contribution < 1.29 is 13.2 Å². The van der Waals surface area contributed by atoms with Gasteiger partial charge in [-0.05, 0) is 70.2 Å². The first-order chi connectivity index (χ1) is 16.6. The van der Waals surface area contributed by atoms with Crippen molar-refractivity contribution in [3.05, 3.63) is 71.5 Å². The number of anilines is 1. The van der Waals surface area contributed by atoms with Gasteiger partial charge in [0.05, 0.1) is 27.4 Å². The molecule has 0 saturated carbocycles. The second kappa shape index (κ2) is 9.88. The Morgan fingerprint density at radius 1 is 1.09 bits per heavy atom. The molecule has 0 N–H and O–H groups in total. The summed E-state index contributed by atoms with van der Waals surface area (Å²) in [6.07, 6.45) is 0. The molecule has 2 aromatic carbocycles. The number of thiazole rings is 1. The van der Waals surface area contributed by atoms with Crippen LogP contribution in [0.4, 0.5) is 5.13 Å². The lowest BCUT2D eigenvalue weighted by atomic mass is 10.2. The molecule has 35 heavy (non-hydrogen) atoms. The Balaban J connectivity index is 1.66. The topological polar surface area (TPSA) is 88.4 Å². The molecule has 8 nitrogen and oxygen atoms in total. The van der Waals surface area contributed by atoms with Crippen molar-refractivity contribution in [3.8, 4) is 0 Å². The molecule has 4 rings (SSSR count). The Labute approximate surface area is 209 Å². The van der Waals surface area contributed by atoms with Crippen molar-refractivity contribution >= 4 is 42.6 Å². The van der Waals surface area contributed by atoms with Gasteiger partial charge in [0.15, 0.2) is 5.13 Å². The number of aryl methyl sites for hydroxylation is 2. The summed E-state index contributed by atoms with van der Waals surface area (Å²) >= 11 is 1.45. The number of rotatable bonds is 8. The van der Waals surface area contributed by atoms with E-state index in [0.29, 0.717) is 23.8 Å². The number of sulfonamides is 1. The van der Waals surface area contributed by atoms with E-state index >= 15 is 0 Å². The highest BCUT2D eigenvalue weighted by atomic mass is 32.2. The Morgan fingerprint density at radius 3 is 2.37 bits per heavy atom. The molecule has 0 aliphatic carbocycles. The van der Waals surface area contributed by atoms with Gasteiger partial charge < -0.3 is 0 Å². The zero-order valence-electron chi connectivity index (χ0n) is 20.5. The van der Waals surface area contributed by atoms with Crippen LogP contribution >= 0.6 is 11.3 Å². The summed E-state index contributed by atoms with van der Waals surface area (Å²) < 4.78 is 29.8. The molecular formula is C25H29N5O3S2. The standard InChI is InChI=1S/C25H29N5O3S2/c1-17(2)28(5)35(32,33)21-12-10-20(11-13-21)24(31)29(14-15-30-19(4)16-18(3)27-30)25-26-22-8-6-7-9-23(22)34-25/h6-13,16-17H,14-15H2,1-5H3. The highest BCUT2D eigenvalue weighted by Crippen LogP contribution is 2.30. The maximum absolute atomic E-state index is 13.6. The second-order valence-corrected chi connectivity index (χ2v) is 11.7. The number of carbonyl (C=O) groups is 1. The molecule has 0 saturated heterocycles. The minimum Gasteiger partial charge on any atom is -0.282 e. The number of para-hydroxylation sites is 1. The molecule has 4 aromatic rings. The van der Waals surface area contributed by atoms with Crippen LogP contribution in [-0.4, -0.2) is 53.0 Å². The molecule has 184 valence electrons. The van der Waals surface area contributed by atoms with Crippen LogP contribution in [0, 0.1) is 13.8 Å². The van der Waals surface area contributed by atoms with Crippen molar-refractivity contribution in [3.63, 3.8) is 0 Å². The number of fused-ring (bicyclic) bond motifs is 1. The maximum atomic E-state index is 13.6. The normalized spacial score (nSPS) is 12.1. The fourth-order valence-electron chi connectivity index (χ4n) is 3.72. The summed E-state index contributed by atoms with van der Waals surface area (Å²) in [6, 6.07) is 15.7. The van der Waals surface area contributed by atoms with Gasteiger partial charge >= 0.3 is 0 Å². The molecule has 0 aliphatic rings. The number of nitrogens with zero attached hydrogens (tertiary/aromatic N) is 5. The van der Waals surface area contributed by atoms with Gasteiger partial charge in [-0.1, -0.05) is 23.5 Å². The lowest BCUT2D eigenvalue weighted by Gasteiger charge is -2.22. The summed E-state index contributed by atoms with van der Waals surface area (Å²) in [5.41, 5.74) is 3.16. The Kier molecular flexibility index (Phi) is 7.07. The third-order valence-electron chi connectivity index (χ3n) is 5.90. The van der Waals surface area contributed by atoms with Crippen LogP contribution in [-0.2, 0) is 16.6 Å². The quantitative estimate of drug-likeness (QED) is 0.348. The third-order valence-corrected chi connectivity index (χ3v) is 9.01. The molecule has 0 aliphatic heterocycles. The van der Waals surface area contributed by atoms with E-state index in [0.717, 1.165) is 21.6 Å². The van der Waals surface area contributed by atoms with Crippen LogP contribution in [0.25, 0.3) is 10.2 Å². The fraction of sp³-hybridized carbons (Fsp3) is 0.320.